The monoisotopic (exact) mass is 225 g/mol. The lowest BCUT2D eigenvalue weighted by molar-refractivity contribution is -0.123. The van der Waals surface area contributed by atoms with Crippen LogP contribution in [0.2, 0.25) is 0 Å². The van der Waals surface area contributed by atoms with Crippen LogP contribution < -0.4 is 5.32 Å². The first kappa shape index (κ1) is 13.7. The van der Waals surface area contributed by atoms with Crippen LogP contribution in [-0.4, -0.2) is 17.9 Å². The first-order chi connectivity index (χ1) is 7.49. The van der Waals surface area contributed by atoms with Gasteiger partial charge >= 0.3 is 0 Å². The minimum absolute atomic E-state index is 0.129. The van der Waals surface area contributed by atoms with E-state index in [1.165, 1.54) is 25.7 Å². The van der Waals surface area contributed by atoms with Gasteiger partial charge < -0.3 is 5.32 Å². The molecular weight excluding hydrogens is 198 g/mol. The lowest BCUT2D eigenvalue weighted by atomic mass is 9.93. The second-order valence-corrected chi connectivity index (χ2v) is 6.08. The van der Waals surface area contributed by atoms with E-state index in [4.69, 9.17) is 0 Å². The van der Waals surface area contributed by atoms with Crippen molar-refractivity contribution in [3.63, 3.8) is 0 Å². The molecule has 0 heterocycles. The Morgan fingerprint density at radius 1 is 1.12 bits per heavy atom. The molecule has 2 heteroatoms. The van der Waals surface area contributed by atoms with Crippen molar-refractivity contribution in [1.82, 2.24) is 5.32 Å². The molecule has 0 saturated heterocycles. The second-order valence-electron chi connectivity index (χ2n) is 6.08. The normalized spacial score (nSPS) is 19.4. The molecule has 0 unspecified atom stereocenters. The van der Waals surface area contributed by atoms with Crippen LogP contribution in [0.5, 0.6) is 0 Å². The molecule has 1 aliphatic rings. The van der Waals surface area contributed by atoms with E-state index in [2.05, 4.69) is 26.1 Å². The van der Waals surface area contributed by atoms with Crippen molar-refractivity contribution < 1.29 is 4.79 Å². The van der Waals surface area contributed by atoms with Crippen LogP contribution in [0.4, 0.5) is 0 Å². The summed E-state index contributed by atoms with van der Waals surface area (Å²) in [4.78, 5) is 12.0. The van der Waals surface area contributed by atoms with Crippen LogP contribution >= 0.6 is 0 Å². The van der Waals surface area contributed by atoms with E-state index in [1.807, 2.05) is 0 Å². The average Bonchev–Trinajstić information content (AvgIpc) is 2.43. The summed E-state index contributed by atoms with van der Waals surface area (Å²) < 4.78 is 0. The van der Waals surface area contributed by atoms with E-state index in [0.29, 0.717) is 18.1 Å². The van der Waals surface area contributed by atoms with Gasteiger partial charge in [-0.2, -0.15) is 0 Å². The smallest absolute Gasteiger partial charge is 0.137 e. The highest BCUT2D eigenvalue weighted by Gasteiger charge is 2.20. The van der Waals surface area contributed by atoms with Gasteiger partial charge in [-0.1, -0.05) is 25.7 Å². The third kappa shape index (κ3) is 5.64. The summed E-state index contributed by atoms with van der Waals surface area (Å²) in [5.41, 5.74) is 0.129. The predicted octanol–water partition coefficient (Wildman–Crippen LogP) is 3.30. The van der Waals surface area contributed by atoms with Crippen molar-refractivity contribution in [3.8, 4) is 0 Å². The van der Waals surface area contributed by atoms with Crippen molar-refractivity contribution in [2.75, 3.05) is 6.54 Å². The minimum Gasteiger partial charge on any atom is -0.312 e. The van der Waals surface area contributed by atoms with E-state index in [1.54, 1.807) is 0 Å². The highest BCUT2D eigenvalue weighted by Crippen LogP contribution is 2.24. The summed E-state index contributed by atoms with van der Waals surface area (Å²) in [5.74, 6) is 0.850. The van der Waals surface area contributed by atoms with Gasteiger partial charge in [0.15, 0.2) is 0 Å². The van der Waals surface area contributed by atoms with E-state index in [9.17, 15) is 4.79 Å². The number of Topliss-reactive ketones (excluding diaryl/α,β-unsaturated/α-hetero) is 1. The van der Waals surface area contributed by atoms with E-state index < -0.39 is 0 Å². The SMILES string of the molecule is CC(C)(C)NCCC(=O)C1CCCCCC1. The molecule has 0 aromatic carbocycles. The fourth-order valence-corrected chi connectivity index (χ4v) is 2.37. The van der Waals surface area contributed by atoms with Gasteiger partial charge in [0, 0.05) is 24.4 Å². The van der Waals surface area contributed by atoms with Gasteiger partial charge in [0.2, 0.25) is 0 Å². The quantitative estimate of drug-likeness (QED) is 0.744. The molecule has 1 fully saturated rings. The van der Waals surface area contributed by atoms with E-state index in [0.717, 1.165) is 19.4 Å². The first-order valence-electron chi connectivity index (χ1n) is 6.77. The molecule has 1 saturated carbocycles. The van der Waals surface area contributed by atoms with Crippen LogP contribution in [0, 0.1) is 5.92 Å². The molecule has 0 atom stereocenters. The molecule has 0 spiro atoms. The van der Waals surface area contributed by atoms with Gasteiger partial charge in [-0.3, -0.25) is 4.79 Å². The average molecular weight is 225 g/mol. The Balaban J connectivity index is 2.23. The van der Waals surface area contributed by atoms with Crippen LogP contribution in [0.15, 0.2) is 0 Å². The van der Waals surface area contributed by atoms with Gasteiger partial charge in [0.25, 0.3) is 0 Å². The number of rotatable bonds is 4. The Kier molecular flexibility index (Phi) is 5.47. The third-order valence-electron chi connectivity index (χ3n) is 3.34. The summed E-state index contributed by atoms with van der Waals surface area (Å²) in [6, 6.07) is 0. The summed E-state index contributed by atoms with van der Waals surface area (Å²) in [5, 5.41) is 3.39. The standard InChI is InChI=1S/C14H27NO/c1-14(2,3)15-11-10-13(16)12-8-6-4-5-7-9-12/h12,15H,4-11H2,1-3H3. The molecule has 16 heavy (non-hydrogen) atoms. The molecule has 0 aromatic rings. The van der Waals surface area contributed by atoms with Crippen molar-refractivity contribution in [3.05, 3.63) is 0 Å². The maximum absolute atomic E-state index is 12.0. The molecule has 1 N–H and O–H groups in total. The van der Waals surface area contributed by atoms with Gasteiger partial charge in [-0.15, -0.1) is 0 Å². The fourth-order valence-electron chi connectivity index (χ4n) is 2.37. The van der Waals surface area contributed by atoms with Crippen molar-refractivity contribution in [1.29, 1.82) is 0 Å². The summed E-state index contributed by atoms with van der Waals surface area (Å²) in [6.07, 6.45) is 8.13. The van der Waals surface area contributed by atoms with Crippen LogP contribution in [0.3, 0.4) is 0 Å². The number of nitrogens with one attached hydrogen (secondary N) is 1. The minimum atomic E-state index is 0.129. The third-order valence-corrected chi connectivity index (χ3v) is 3.34. The number of carbonyl (C=O) groups is 1. The van der Waals surface area contributed by atoms with Crippen molar-refractivity contribution in [2.45, 2.75) is 71.3 Å². The van der Waals surface area contributed by atoms with Crippen LogP contribution in [0.25, 0.3) is 0 Å². The number of ketones is 1. The highest BCUT2D eigenvalue weighted by molar-refractivity contribution is 5.81. The second kappa shape index (κ2) is 6.39. The zero-order valence-corrected chi connectivity index (χ0v) is 11.1. The largest absolute Gasteiger partial charge is 0.312 e. The van der Waals surface area contributed by atoms with E-state index in [-0.39, 0.29) is 5.54 Å². The summed E-state index contributed by atoms with van der Waals surface area (Å²) in [6.45, 7) is 7.26. The van der Waals surface area contributed by atoms with E-state index >= 15 is 0 Å². The highest BCUT2D eigenvalue weighted by atomic mass is 16.1. The molecule has 2 nitrogen and oxygen atoms in total. The molecule has 94 valence electrons. The van der Waals surface area contributed by atoms with Crippen molar-refractivity contribution in [2.24, 2.45) is 5.92 Å². The maximum atomic E-state index is 12.0. The molecule has 1 aliphatic carbocycles. The maximum Gasteiger partial charge on any atom is 0.137 e. The molecule has 0 aliphatic heterocycles. The molecule has 0 radical (unpaired) electrons. The van der Waals surface area contributed by atoms with Crippen LogP contribution in [-0.2, 0) is 4.79 Å². The number of carbonyl (C=O) groups excluding carboxylic acids is 1. The van der Waals surface area contributed by atoms with Gasteiger partial charge in [-0.25, -0.2) is 0 Å². The Hall–Kier alpha value is -0.370. The van der Waals surface area contributed by atoms with Crippen molar-refractivity contribution >= 4 is 5.78 Å². The topological polar surface area (TPSA) is 29.1 Å². The Morgan fingerprint density at radius 3 is 2.19 bits per heavy atom. The summed E-state index contributed by atoms with van der Waals surface area (Å²) in [7, 11) is 0. The van der Waals surface area contributed by atoms with Gasteiger partial charge in [-0.05, 0) is 33.6 Å². The Labute approximate surface area is 100 Å². The molecule has 1 rings (SSSR count). The zero-order chi connectivity index (χ0) is 12.0. The summed E-state index contributed by atoms with van der Waals surface area (Å²) >= 11 is 0. The Bertz CT molecular complexity index is 209. The van der Waals surface area contributed by atoms with Gasteiger partial charge in [0.1, 0.15) is 5.78 Å². The molecule has 0 bridgehead atoms. The lowest BCUT2D eigenvalue weighted by Gasteiger charge is -2.21. The Morgan fingerprint density at radius 2 is 1.69 bits per heavy atom. The number of hydrogen-bond donors (Lipinski definition) is 1. The zero-order valence-electron chi connectivity index (χ0n) is 11.1. The van der Waals surface area contributed by atoms with Gasteiger partial charge in [0.05, 0.1) is 0 Å². The first-order valence-corrected chi connectivity index (χ1v) is 6.77. The lowest BCUT2D eigenvalue weighted by Crippen LogP contribution is -2.37. The molecule has 0 aromatic heterocycles. The molecular formula is C14H27NO. The fraction of sp³-hybridized carbons (Fsp3) is 0.929. The molecule has 0 amide bonds. The number of hydrogen-bond acceptors (Lipinski definition) is 2. The van der Waals surface area contributed by atoms with Crippen LogP contribution in [0.1, 0.15) is 65.7 Å². The predicted molar refractivity (Wildman–Crippen MR) is 68.6 cm³/mol.